The molecule has 1 nitrogen and oxygen atoms in total. The minimum Gasteiger partial charge on any atom is -0.198 e. The summed E-state index contributed by atoms with van der Waals surface area (Å²) in [6.07, 6.45) is 6.03. The van der Waals surface area contributed by atoms with Crippen LogP contribution in [0.25, 0.3) is 0 Å². The summed E-state index contributed by atoms with van der Waals surface area (Å²) in [6.45, 7) is 0. The van der Waals surface area contributed by atoms with E-state index in [1.807, 2.05) is 11.8 Å². The maximum absolute atomic E-state index is 9.24. The second-order valence-electron chi connectivity index (χ2n) is 4.48. The fraction of sp³-hybridized carbons (Fsp3) is 0.500. The molecule has 1 aromatic carbocycles. The number of halogens is 1. The van der Waals surface area contributed by atoms with Crippen molar-refractivity contribution >= 4 is 27.7 Å². The highest BCUT2D eigenvalue weighted by Gasteiger charge is 2.24. The third-order valence-corrected chi connectivity index (χ3v) is 5.16. The van der Waals surface area contributed by atoms with Crippen molar-refractivity contribution in [1.29, 1.82) is 5.26 Å². The molecule has 2 rings (SSSR count). The van der Waals surface area contributed by atoms with Crippen molar-refractivity contribution in [2.45, 2.75) is 42.2 Å². The zero-order chi connectivity index (χ0) is 12.1. The molecule has 0 spiro atoms. The van der Waals surface area contributed by atoms with Gasteiger partial charge in [-0.15, -0.1) is 11.8 Å². The van der Waals surface area contributed by atoms with Crippen LogP contribution < -0.4 is 0 Å². The van der Waals surface area contributed by atoms with Crippen molar-refractivity contribution in [3.05, 3.63) is 28.7 Å². The molecule has 0 aromatic heterocycles. The topological polar surface area (TPSA) is 23.8 Å². The van der Waals surface area contributed by atoms with Gasteiger partial charge in [-0.3, -0.25) is 0 Å². The molecule has 0 heterocycles. The van der Waals surface area contributed by atoms with Gasteiger partial charge < -0.3 is 0 Å². The largest absolute Gasteiger partial charge is 0.198 e. The minimum atomic E-state index is 0.228. The van der Waals surface area contributed by atoms with E-state index in [4.69, 9.17) is 0 Å². The van der Waals surface area contributed by atoms with Crippen molar-refractivity contribution < 1.29 is 0 Å². The summed E-state index contributed by atoms with van der Waals surface area (Å²) in [7, 11) is 0. The lowest BCUT2D eigenvalue weighted by Gasteiger charge is -2.18. The first-order chi connectivity index (χ1) is 8.29. The molecule has 0 aliphatic heterocycles. The van der Waals surface area contributed by atoms with Gasteiger partial charge in [-0.1, -0.05) is 35.2 Å². The average molecular weight is 310 g/mol. The Kier molecular flexibility index (Phi) is 4.94. The number of hydrogen-bond donors (Lipinski definition) is 0. The van der Waals surface area contributed by atoms with E-state index in [2.05, 4.69) is 46.3 Å². The number of hydrogen-bond acceptors (Lipinski definition) is 2. The molecule has 0 saturated heterocycles. The van der Waals surface area contributed by atoms with Gasteiger partial charge in [0, 0.05) is 14.6 Å². The lowest BCUT2D eigenvalue weighted by molar-refractivity contribution is 0.585. The Balaban J connectivity index is 2.05. The molecule has 1 saturated carbocycles. The molecule has 1 fully saturated rings. The maximum atomic E-state index is 9.24. The Morgan fingerprint density at radius 1 is 1.12 bits per heavy atom. The molecule has 1 aliphatic rings. The van der Waals surface area contributed by atoms with Crippen LogP contribution in [0.2, 0.25) is 0 Å². The Bertz CT molecular complexity index is 396. The zero-order valence-corrected chi connectivity index (χ0v) is 12.1. The van der Waals surface area contributed by atoms with Gasteiger partial charge in [-0.05, 0) is 37.1 Å². The first-order valence-electron chi connectivity index (χ1n) is 6.11. The van der Waals surface area contributed by atoms with E-state index in [1.54, 1.807) is 0 Å². The van der Waals surface area contributed by atoms with Crippen LogP contribution in [0.3, 0.4) is 0 Å². The SMILES string of the molecule is N#CC1CCCCCC1Sc1ccc(Br)cc1. The third kappa shape index (κ3) is 3.76. The van der Waals surface area contributed by atoms with E-state index >= 15 is 0 Å². The molecular weight excluding hydrogens is 294 g/mol. The minimum absolute atomic E-state index is 0.228. The summed E-state index contributed by atoms with van der Waals surface area (Å²) < 4.78 is 1.11. The van der Waals surface area contributed by atoms with Gasteiger partial charge >= 0.3 is 0 Å². The summed E-state index contributed by atoms with van der Waals surface area (Å²) >= 11 is 5.32. The van der Waals surface area contributed by atoms with Crippen LogP contribution in [-0.2, 0) is 0 Å². The molecule has 0 bridgehead atoms. The summed E-state index contributed by atoms with van der Waals surface area (Å²) in [4.78, 5) is 1.28. The van der Waals surface area contributed by atoms with Gasteiger partial charge in [0.25, 0.3) is 0 Å². The van der Waals surface area contributed by atoms with Crippen molar-refractivity contribution in [3.8, 4) is 6.07 Å². The quantitative estimate of drug-likeness (QED) is 0.717. The van der Waals surface area contributed by atoms with Crippen molar-refractivity contribution in [2.75, 3.05) is 0 Å². The molecule has 90 valence electrons. The Hall–Kier alpha value is -0.460. The van der Waals surface area contributed by atoms with Crippen LogP contribution in [-0.4, -0.2) is 5.25 Å². The highest BCUT2D eigenvalue weighted by atomic mass is 79.9. The van der Waals surface area contributed by atoms with E-state index in [0.717, 1.165) is 10.9 Å². The second kappa shape index (κ2) is 6.47. The molecule has 1 aromatic rings. The molecule has 2 atom stereocenters. The summed E-state index contributed by atoms with van der Waals surface area (Å²) in [5.74, 6) is 0.228. The van der Waals surface area contributed by atoms with Crippen molar-refractivity contribution in [3.63, 3.8) is 0 Å². The van der Waals surface area contributed by atoms with Gasteiger partial charge in [-0.2, -0.15) is 5.26 Å². The monoisotopic (exact) mass is 309 g/mol. The fourth-order valence-corrected chi connectivity index (χ4v) is 3.80. The second-order valence-corrected chi connectivity index (χ2v) is 6.71. The standard InChI is InChI=1S/C14H16BrNS/c15-12-6-8-13(9-7-12)17-14-5-3-1-2-4-11(14)10-16/h6-9,11,14H,1-5H2. The summed E-state index contributed by atoms with van der Waals surface area (Å²) in [5, 5.41) is 9.71. The highest BCUT2D eigenvalue weighted by Crippen LogP contribution is 2.36. The number of nitriles is 1. The number of rotatable bonds is 2. The van der Waals surface area contributed by atoms with Gasteiger partial charge in [0.15, 0.2) is 0 Å². The van der Waals surface area contributed by atoms with E-state index in [0.29, 0.717) is 5.25 Å². The van der Waals surface area contributed by atoms with Crippen molar-refractivity contribution in [2.24, 2.45) is 5.92 Å². The smallest absolute Gasteiger partial charge is 0.0667 e. The predicted octanol–water partition coefficient (Wildman–Crippen LogP) is 5.01. The zero-order valence-electron chi connectivity index (χ0n) is 9.73. The molecule has 0 radical (unpaired) electrons. The molecule has 1 aliphatic carbocycles. The van der Waals surface area contributed by atoms with Gasteiger partial charge in [0.2, 0.25) is 0 Å². The lowest BCUT2D eigenvalue weighted by Crippen LogP contribution is -2.13. The normalized spacial score (nSPS) is 24.9. The van der Waals surface area contributed by atoms with Crippen LogP contribution in [0, 0.1) is 17.2 Å². The molecule has 17 heavy (non-hydrogen) atoms. The summed E-state index contributed by atoms with van der Waals surface area (Å²) in [5.41, 5.74) is 0. The predicted molar refractivity (Wildman–Crippen MR) is 76.0 cm³/mol. The molecule has 2 unspecified atom stereocenters. The van der Waals surface area contributed by atoms with Crippen LogP contribution in [0.4, 0.5) is 0 Å². The van der Waals surface area contributed by atoms with Crippen LogP contribution in [0.1, 0.15) is 32.1 Å². The van der Waals surface area contributed by atoms with Crippen LogP contribution >= 0.6 is 27.7 Å². The number of thioether (sulfide) groups is 1. The van der Waals surface area contributed by atoms with Gasteiger partial charge in [0.1, 0.15) is 0 Å². The van der Waals surface area contributed by atoms with Gasteiger partial charge in [0.05, 0.1) is 12.0 Å². The molecule has 0 N–H and O–H groups in total. The Morgan fingerprint density at radius 2 is 1.82 bits per heavy atom. The molecular formula is C14H16BrNS. The van der Waals surface area contributed by atoms with Crippen molar-refractivity contribution in [1.82, 2.24) is 0 Å². The number of nitrogens with zero attached hydrogens (tertiary/aromatic N) is 1. The number of benzene rings is 1. The first-order valence-corrected chi connectivity index (χ1v) is 7.78. The third-order valence-electron chi connectivity index (χ3n) is 3.22. The highest BCUT2D eigenvalue weighted by molar-refractivity contribution is 9.10. The van der Waals surface area contributed by atoms with Gasteiger partial charge in [-0.25, -0.2) is 0 Å². The summed E-state index contributed by atoms with van der Waals surface area (Å²) in [6, 6.07) is 10.9. The van der Waals surface area contributed by atoms with E-state index in [1.165, 1.54) is 30.6 Å². The van der Waals surface area contributed by atoms with Crippen LogP contribution in [0.5, 0.6) is 0 Å². The van der Waals surface area contributed by atoms with E-state index < -0.39 is 0 Å². The molecule has 0 amide bonds. The molecule has 3 heteroatoms. The van der Waals surface area contributed by atoms with E-state index in [9.17, 15) is 5.26 Å². The Morgan fingerprint density at radius 3 is 2.53 bits per heavy atom. The van der Waals surface area contributed by atoms with Crippen LogP contribution in [0.15, 0.2) is 33.6 Å². The van der Waals surface area contributed by atoms with E-state index in [-0.39, 0.29) is 5.92 Å². The maximum Gasteiger partial charge on any atom is 0.0667 e. The lowest BCUT2D eigenvalue weighted by atomic mass is 10.0. The fourth-order valence-electron chi connectivity index (χ4n) is 2.25. The Labute approximate surface area is 116 Å². The average Bonchev–Trinajstić information content (AvgIpc) is 2.57. The first kappa shape index (κ1) is 13.0.